The molecule has 0 saturated heterocycles. The van der Waals surface area contributed by atoms with Gasteiger partial charge in [-0.3, -0.25) is 9.59 Å². The number of carboxylic acid groups (broad SMARTS) is 1. The van der Waals surface area contributed by atoms with Crippen LogP contribution in [0, 0.1) is 0 Å². The highest BCUT2D eigenvalue weighted by Gasteiger charge is 2.21. The van der Waals surface area contributed by atoms with Crippen LogP contribution in [0.4, 0.5) is 0 Å². The summed E-state index contributed by atoms with van der Waals surface area (Å²) in [5, 5.41) is 11.7. The molecule has 0 N–H and O–H groups in total. The molecule has 0 rings (SSSR count). The summed E-state index contributed by atoms with van der Waals surface area (Å²) in [5.74, 6) is -2.32. The quantitative estimate of drug-likeness (QED) is 0.0202. The predicted molar refractivity (Wildman–Crippen MR) is 214 cm³/mol. The minimum Gasteiger partial charge on any atom is -0.545 e. The fourth-order valence-electron chi connectivity index (χ4n) is 5.61. The molecule has 0 fully saturated rings. The minimum atomic E-state index is -1.62. The number of esters is 2. The SMILES string of the molecule is CC/C=C\C/C=C\C/C=C\CCCCCC(=O)OC(COC(=O)CCCCCCCCCCCCCCCCC)COC(OCC[N+](C)(C)C)C(=O)[O-]. The van der Waals surface area contributed by atoms with Crippen LogP contribution in [0.1, 0.15) is 168 Å². The summed E-state index contributed by atoms with van der Waals surface area (Å²) in [7, 11) is 5.89. The van der Waals surface area contributed by atoms with Gasteiger partial charge in [-0.05, 0) is 44.9 Å². The topological polar surface area (TPSA) is 111 Å². The van der Waals surface area contributed by atoms with Gasteiger partial charge in [0.1, 0.15) is 13.2 Å². The molecule has 0 amide bonds. The molecule has 0 aliphatic carbocycles. The molecule has 2 unspecified atom stereocenters. The van der Waals surface area contributed by atoms with Crippen molar-refractivity contribution in [3.8, 4) is 0 Å². The van der Waals surface area contributed by atoms with Crippen LogP contribution in [-0.4, -0.2) is 82.3 Å². The Morgan fingerprint density at radius 1 is 0.585 bits per heavy atom. The van der Waals surface area contributed by atoms with Gasteiger partial charge in [0.05, 0.1) is 40.3 Å². The molecule has 0 bridgehead atoms. The first-order chi connectivity index (χ1) is 25.6. The second-order valence-corrected chi connectivity index (χ2v) is 15.3. The van der Waals surface area contributed by atoms with E-state index in [1.807, 2.05) is 21.1 Å². The molecule has 2 atom stereocenters. The fraction of sp³-hybridized carbons (Fsp3) is 0.795. The van der Waals surface area contributed by atoms with Crippen LogP contribution in [0.2, 0.25) is 0 Å². The zero-order valence-corrected chi connectivity index (χ0v) is 34.6. The summed E-state index contributed by atoms with van der Waals surface area (Å²) in [6.07, 6.45) is 36.1. The van der Waals surface area contributed by atoms with E-state index in [4.69, 9.17) is 18.9 Å². The molecule has 0 aliphatic heterocycles. The van der Waals surface area contributed by atoms with Gasteiger partial charge in [-0.2, -0.15) is 0 Å². The third kappa shape index (κ3) is 37.6. The number of likely N-dealkylation sites (N-methyl/N-ethyl adjacent to an activating group) is 1. The molecule has 53 heavy (non-hydrogen) atoms. The highest BCUT2D eigenvalue weighted by molar-refractivity contribution is 5.70. The summed E-state index contributed by atoms with van der Waals surface area (Å²) in [4.78, 5) is 36.9. The van der Waals surface area contributed by atoms with Gasteiger partial charge in [-0.25, -0.2) is 0 Å². The summed E-state index contributed by atoms with van der Waals surface area (Å²) < 4.78 is 22.5. The zero-order chi connectivity index (χ0) is 39.3. The lowest BCUT2D eigenvalue weighted by molar-refractivity contribution is -0.870. The van der Waals surface area contributed by atoms with Gasteiger partial charge in [0.25, 0.3) is 0 Å². The van der Waals surface area contributed by atoms with Crippen molar-refractivity contribution >= 4 is 17.9 Å². The van der Waals surface area contributed by atoms with Crippen LogP contribution in [0.25, 0.3) is 0 Å². The molecule has 0 saturated carbocycles. The van der Waals surface area contributed by atoms with E-state index in [1.54, 1.807) is 0 Å². The third-order valence-electron chi connectivity index (χ3n) is 8.90. The van der Waals surface area contributed by atoms with Crippen molar-refractivity contribution in [2.45, 2.75) is 180 Å². The largest absolute Gasteiger partial charge is 0.545 e. The van der Waals surface area contributed by atoms with Crippen LogP contribution >= 0.6 is 0 Å². The van der Waals surface area contributed by atoms with E-state index in [1.165, 1.54) is 77.0 Å². The molecular formula is C44H79NO8. The molecule has 0 aliphatic rings. The molecule has 308 valence electrons. The fourth-order valence-corrected chi connectivity index (χ4v) is 5.61. The number of hydrogen-bond acceptors (Lipinski definition) is 8. The number of nitrogens with zero attached hydrogens (tertiary/aromatic N) is 1. The summed E-state index contributed by atoms with van der Waals surface area (Å²) in [6.45, 7) is 4.58. The molecule has 9 heteroatoms. The Morgan fingerprint density at radius 3 is 1.60 bits per heavy atom. The Hall–Kier alpha value is -2.49. The van der Waals surface area contributed by atoms with E-state index in [2.05, 4.69) is 50.3 Å². The third-order valence-corrected chi connectivity index (χ3v) is 8.90. The van der Waals surface area contributed by atoms with Crippen LogP contribution < -0.4 is 5.11 Å². The van der Waals surface area contributed by atoms with E-state index >= 15 is 0 Å². The van der Waals surface area contributed by atoms with Crippen molar-refractivity contribution in [3.63, 3.8) is 0 Å². The number of allylic oxidation sites excluding steroid dienone is 6. The van der Waals surface area contributed by atoms with E-state index in [-0.39, 0.29) is 38.6 Å². The van der Waals surface area contributed by atoms with E-state index < -0.39 is 24.3 Å². The van der Waals surface area contributed by atoms with Crippen LogP contribution in [0.3, 0.4) is 0 Å². The Balaban J connectivity index is 4.50. The normalized spacial score (nSPS) is 13.3. The molecule has 0 aromatic carbocycles. The number of quaternary nitrogens is 1. The van der Waals surface area contributed by atoms with Crippen molar-refractivity contribution < 1.29 is 42.9 Å². The first kappa shape index (κ1) is 50.5. The standard InChI is InChI=1S/C44H79NO8/c1-6-8-10-12-14-16-18-20-21-23-24-26-28-30-32-34-41(46)51-38-40(39-52-44(43(48)49)50-37-36-45(3,4)5)53-42(47)35-33-31-29-27-25-22-19-17-15-13-11-9-7-2/h9,11,15,17,22,25,40,44H,6-8,10,12-14,16,18-21,23-24,26-39H2,1-5H3/b11-9-,17-15-,25-22-. The molecule has 0 heterocycles. The average molecular weight is 750 g/mol. The first-order valence-electron chi connectivity index (χ1n) is 21.1. The monoisotopic (exact) mass is 750 g/mol. The first-order valence-corrected chi connectivity index (χ1v) is 21.1. The second kappa shape index (κ2) is 36.5. The number of hydrogen-bond donors (Lipinski definition) is 0. The van der Waals surface area contributed by atoms with Crippen molar-refractivity contribution in [1.29, 1.82) is 0 Å². The highest BCUT2D eigenvalue weighted by atomic mass is 16.7. The number of ether oxygens (including phenoxy) is 4. The lowest BCUT2D eigenvalue weighted by Gasteiger charge is -2.26. The summed E-state index contributed by atoms with van der Waals surface area (Å²) in [6, 6.07) is 0. The summed E-state index contributed by atoms with van der Waals surface area (Å²) >= 11 is 0. The van der Waals surface area contributed by atoms with Gasteiger partial charge >= 0.3 is 11.9 Å². The zero-order valence-electron chi connectivity index (χ0n) is 34.6. The number of carboxylic acids is 1. The summed E-state index contributed by atoms with van der Waals surface area (Å²) in [5.41, 5.74) is 0. The predicted octanol–water partition coefficient (Wildman–Crippen LogP) is 9.33. The lowest BCUT2D eigenvalue weighted by Crippen LogP contribution is -2.44. The smallest absolute Gasteiger partial charge is 0.306 e. The Labute approximate surface area is 324 Å². The van der Waals surface area contributed by atoms with Gasteiger partial charge in [-0.15, -0.1) is 0 Å². The van der Waals surface area contributed by atoms with Crippen molar-refractivity contribution in [3.05, 3.63) is 36.5 Å². The maximum absolute atomic E-state index is 12.7. The van der Waals surface area contributed by atoms with E-state index in [9.17, 15) is 19.5 Å². The number of aliphatic carboxylic acids is 1. The van der Waals surface area contributed by atoms with Gasteiger partial charge in [-0.1, -0.05) is 147 Å². The Morgan fingerprint density at radius 2 is 1.08 bits per heavy atom. The molecule has 0 radical (unpaired) electrons. The van der Waals surface area contributed by atoms with Gasteiger partial charge in [0, 0.05) is 12.8 Å². The average Bonchev–Trinajstić information content (AvgIpc) is 3.11. The second-order valence-electron chi connectivity index (χ2n) is 15.3. The van der Waals surface area contributed by atoms with Crippen LogP contribution in [0.15, 0.2) is 36.5 Å². The highest BCUT2D eigenvalue weighted by Crippen LogP contribution is 2.14. The van der Waals surface area contributed by atoms with Crippen molar-refractivity contribution in [2.75, 3.05) is 47.5 Å². The number of carbonyl (C=O) groups is 3. The maximum Gasteiger partial charge on any atom is 0.306 e. The van der Waals surface area contributed by atoms with Gasteiger partial charge < -0.3 is 33.3 Å². The maximum atomic E-state index is 12.7. The van der Waals surface area contributed by atoms with Crippen LogP contribution in [-0.2, 0) is 33.3 Å². The molecule has 0 aromatic heterocycles. The van der Waals surface area contributed by atoms with Crippen LogP contribution in [0.5, 0.6) is 0 Å². The Kier molecular flexibility index (Phi) is 34.8. The van der Waals surface area contributed by atoms with Gasteiger partial charge in [0.15, 0.2) is 12.4 Å². The number of rotatable bonds is 38. The minimum absolute atomic E-state index is 0.142. The number of unbranched alkanes of at least 4 members (excludes halogenated alkanes) is 17. The molecule has 0 aromatic rings. The van der Waals surface area contributed by atoms with E-state index in [0.717, 1.165) is 57.8 Å². The molecule has 0 spiro atoms. The van der Waals surface area contributed by atoms with Gasteiger partial charge in [0.2, 0.25) is 0 Å². The molecule has 9 nitrogen and oxygen atoms in total. The lowest BCUT2D eigenvalue weighted by atomic mass is 10.0. The molecular weight excluding hydrogens is 670 g/mol. The number of carbonyl (C=O) groups excluding carboxylic acids is 3. The van der Waals surface area contributed by atoms with Crippen molar-refractivity contribution in [1.82, 2.24) is 0 Å². The van der Waals surface area contributed by atoms with Crippen molar-refractivity contribution in [2.24, 2.45) is 0 Å². The van der Waals surface area contributed by atoms with E-state index in [0.29, 0.717) is 17.4 Å². The Bertz CT molecular complexity index is 971.